The first kappa shape index (κ1) is 18.7. The summed E-state index contributed by atoms with van der Waals surface area (Å²) in [5, 5.41) is 0. The van der Waals surface area contributed by atoms with Crippen molar-refractivity contribution in [1.29, 1.82) is 0 Å². The maximum absolute atomic E-state index is 12.6. The molecule has 3 rings (SSSR count). The zero-order valence-corrected chi connectivity index (χ0v) is 15.9. The fourth-order valence-corrected chi connectivity index (χ4v) is 2.74. The number of hydrogen-bond donors (Lipinski definition) is 0. The number of Topliss-reactive ketones (excluding diaryl/α,β-unsaturated/α-hetero) is 1. The number of hydrogen-bond acceptors (Lipinski definition) is 3. The average molecular weight is 360 g/mol. The average Bonchev–Trinajstić information content (AvgIpc) is 2.70. The van der Waals surface area contributed by atoms with Gasteiger partial charge in [-0.1, -0.05) is 36.4 Å². The fraction of sp³-hybridized carbons (Fsp3) is 0.208. The second-order valence-corrected chi connectivity index (χ2v) is 6.67. The highest BCUT2D eigenvalue weighted by Crippen LogP contribution is 2.20. The number of rotatable bonds is 7. The molecule has 3 heteroatoms. The van der Waals surface area contributed by atoms with E-state index in [1.54, 1.807) is 19.1 Å². The third-order valence-electron chi connectivity index (χ3n) is 4.55. The topological polar surface area (TPSA) is 35.5 Å². The van der Waals surface area contributed by atoms with Crippen molar-refractivity contribution < 1.29 is 14.3 Å². The van der Waals surface area contributed by atoms with E-state index in [0.29, 0.717) is 17.9 Å². The van der Waals surface area contributed by atoms with Gasteiger partial charge < -0.3 is 9.47 Å². The summed E-state index contributed by atoms with van der Waals surface area (Å²) in [4.78, 5) is 12.6. The van der Waals surface area contributed by atoms with E-state index in [0.717, 1.165) is 16.9 Å². The van der Waals surface area contributed by atoms with Crippen LogP contribution in [0.4, 0.5) is 0 Å². The van der Waals surface area contributed by atoms with Gasteiger partial charge in [0, 0.05) is 5.56 Å². The predicted octanol–water partition coefficient (Wildman–Crippen LogP) is 5.53. The predicted molar refractivity (Wildman–Crippen MR) is 108 cm³/mol. The summed E-state index contributed by atoms with van der Waals surface area (Å²) in [6.45, 7) is 6.36. The molecule has 3 nitrogen and oxygen atoms in total. The van der Waals surface area contributed by atoms with Gasteiger partial charge in [-0.15, -0.1) is 0 Å². The van der Waals surface area contributed by atoms with E-state index < -0.39 is 6.10 Å². The molecule has 0 heterocycles. The zero-order chi connectivity index (χ0) is 19.2. The van der Waals surface area contributed by atoms with Gasteiger partial charge in [0.2, 0.25) is 5.78 Å². The minimum atomic E-state index is -0.553. The van der Waals surface area contributed by atoms with Gasteiger partial charge in [0.15, 0.2) is 6.10 Å². The van der Waals surface area contributed by atoms with Gasteiger partial charge in [0.25, 0.3) is 0 Å². The van der Waals surface area contributed by atoms with Crippen LogP contribution in [-0.4, -0.2) is 11.9 Å². The second-order valence-electron chi connectivity index (χ2n) is 6.67. The van der Waals surface area contributed by atoms with E-state index in [1.807, 2.05) is 67.6 Å². The third kappa shape index (κ3) is 4.98. The largest absolute Gasteiger partial charge is 0.489 e. The molecule has 0 aliphatic heterocycles. The van der Waals surface area contributed by atoms with Crippen LogP contribution in [0.3, 0.4) is 0 Å². The van der Waals surface area contributed by atoms with Crippen LogP contribution < -0.4 is 9.47 Å². The molecule has 0 saturated carbocycles. The van der Waals surface area contributed by atoms with Crippen molar-refractivity contribution in [2.24, 2.45) is 0 Å². The molecule has 0 bridgehead atoms. The Morgan fingerprint density at radius 3 is 2.19 bits per heavy atom. The van der Waals surface area contributed by atoms with Gasteiger partial charge in [-0.05, 0) is 73.9 Å². The molecule has 0 spiro atoms. The number of carbonyl (C=O) groups is 1. The molecule has 0 aromatic heterocycles. The van der Waals surface area contributed by atoms with Gasteiger partial charge in [0.1, 0.15) is 18.1 Å². The molecule has 1 atom stereocenters. The third-order valence-corrected chi connectivity index (χ3v) is 4.55. The molecule has 27 heavy (non-hydrogen) atoms. The van der Waals surface area contributed by atoms with Crippen LogP contribution in [0.5, 0.6) is 11.5 Å². The van der Waals surface area contributed by atoms with Crippen molar-refractivity contribution in [2.75, 3.05) is 0 Å². The maximum atomic E-state index is 12.6. The lowest BCUT2D eigenvalue weighted by atomic mass is 10.1. The minimum Gasteiger partial charge on any atom is -0.489 e. The van der Waals surface area contributed by atoms with Crippen molar-refractivity contribution in [2.45, 2.75) is 33.5 Å². The molecule has 0 aliphatic rings. The van der Waals surface area contributed by atoms with Crippen molar-refractivity contribution in [3.63, 3.8) is 0 Å². The molecular formula is C24H24O3. The maximum Gasteiger partial charge on any atom is 0.202 e. The lowest BCUT2D eigenvalue weighted by Crippen LogP contribution is -2.23. The zero-order valence-electron chi connectivity index (χ0n) is 15.9. The van der Waals surface area contributed by atoms with E-state index in [2.05, 4.69) is 6.92 Å². The SMILES string of the molecule is Cc1ccc(OC(C)C(=O)c2ccc(OCc3ccccc3)cc2)cc1C. The van der Waals surface area contributed by atoms with Gasteiger partial charge in [-0.2, -0.15) is 0 Å². The monoisotopic (exact) mass is 360 g/mol. The van der Waals surface area contributed by atoms with Crippen LogP contribution >= 0.6 is 0 Å². The molecule has 0 amide bonds. The van der Waals surface area contributed by atoms with Crippen LogP contribution in [0.25, 0.3) is 0 Å². The highest BCUT2D eigenvalue weighted by molar-refractivity contribution is 5.99. The van der Waals surface area contributed by atoms with Crippen molar-refractivity contribution >= 4 is 5.78 Å². The van der Waals surface area contributed by atoms with E-state index in [4.69, 9.17) is 9.47 Å². The molecule has 3 aromatic rings. The fourth-order valence-electron chi connectivity index (χ4n) is 2.74. The Balaban J connectivity index is 1.60. The highest BCUT2D eigenvalue weighted by Gasteiger charge is 2.17. The first-order valence-corrected chi connectivity index (χ1v) is 9.08. The van der Waals surface area contributed by atoms with Gasteiger partial charge in [-0.3, -0.25) is 4.79 Å². The van der Waals surface area contributed by atoms with E-state index in [9.17, 15) is 4.79 Å². The summed E-state index contributed by atoms with van der Waals surface area (Å²) in [5.41, 5.74) is 4.06. The van der Waals surface area contributed by atoms with Crippen LogP contribution in [0.2, 0.25) is 0 Å². The lowest BCUT2D eigenvalue weighted by molar-refractivity contribution is 0.0818. The molecule has 138 valence electrons. The molecule has 0 saturated heterocycles. The first-order chi connectivity index (χ1) is 13.0. The van der Waals surface area contributed by atoms with Gasteiger partial charge >= 0.3 is 0 Å². The van der Waals surface area contributed by atoms with Crippen LogP contribution in [0.15, 0.2) is 72.8 Å². The summed E-state index contributed by atoms with van der Waals surface area (Å²) < 4.78 is 11.6. The lowest BCUT2D eigenvalue weighted by Gasteiger charge is -2.15. The normalized spacial score (nSPS) is 11.7. The van der Waals surface area contributed by atoms with E-state index in [1.165, 1.54) is 5.56 Å². The Morgan fingerprint density at radius 1 is 0.852 bits per heavy atom. The number of benzene rings is 3. The quantitative estimate of drug-likeness (QED) is 0.520. The van der Waals surface area contributed by atoms with Crippen LogP contribution in [0.1, 0.15) is 34.0 Å². The smallest absolute Gasteiger partial charge is 0.202 e. The molecule has 0 aliphatic carbocycles. The summed E-state index contributed by atoms with van der Waals surface area (Å²) in [5.74, 6) is 1.39. The standard InChI is InChI=1S/C24H24O3/c1-17-9-12-23(15-18(17)2)27-19(3)24(25)21-10-13-22(14-11-21)26-16-20-7-5-4-6-8-20/h4-15,19H,16H2,1-3H3. The number of ether oxygens (including phenoxy) is 2. The minimum absolute atomic E-state index is 0.0529. The summed E-state index contributed by atoms with van der Waals surface area (Å²) in [6.07, 6.45) is -0.553. The Morgan fingerprint density at radius 2 is 1.52 bits per heavy atom. The van der Waals surface area contributed by atoms with Crippen LogP contribution in [0, 0.1) is 13.8 Å². The second kappa shape index (κ2) is 8.54. The Labute approximate surface area is 160 Å². The van der Waals surface area contributed by atoms with E-state index >= 15 is 0 Å². The molecule has 1 unspecified atom stereocenters. The van der Waals surface area contributed by atoms with Gasteiger partial charge in [0.05, 0.1) is 0 Å². The molecule has 3 aromatic carbocycles. The van der Waals surface area contributed by atoms with Crippen molar-refractivity contribution in [3.8, 4) is 11.5 Å². The number of aryl methyl sites for hydroxylation is 2. The highest BCUT2D eigenvalue weighted by atomic mass is 16.5. The number of ketones is 1. The van der Waals surface area contributed by atoms with Crippen molar-refractivity contribution in [3.05, 3.63) is 95.1 Å². The Bertz CT molecular complexity index is 899. The van der Waals surface area contributed by atoms with Crippen LogP contribution in [-0.2, 0) is 6.61 Å². The first-order valence-electron chi connectivity index (χ1n) is 9.08. The number of carbonyl (C=O) groups excluding carboxylic acids is 1. The van der Waals surface area contributed by atoms with Gasteiger partial charge in [-0.25, -0.2) is 0 Å². The summed E-state index contributed by atoms with van der Waals surface area (Å²) >= 11 is 0. The molecule has 0 fully saturated rings. The molecule has 0 radical (unpaired) electrons. The molecular weight excluding hydrogens is 336 g/mol. The van der Waals surface area contributed by atoms with E-state index in [-0.39, 0.29) is 5.78 Å². The molecule has 0 N–H and O–H groups in total. The summed E-state index contributed by atoms with van der Waals surface area (Å²) in [7, 11) is 0. The Kier molecular flexibility index (Phi) is 5.92. The Hall–Kier alpha value is -3.07. The van der Waals surface area contributed by atoms with Crippen molar-refractivity contribution in [1.82, 2.24) is 0 Å². The summed E-state index contributed by atoms with van der Waals surface area (Å²) in [6, 6.07) is 23.0.